The molecule has 0 radical (unpaired) electrons. The second kappa shape index (κ2) is 9.25. The first kappa shape index (κ1) is 24.3. The summed E-state index contributed by atoms with van der Waals surface area (Å²) >= 11 is 24.4. The molecule has 0 bridgehead atoms. The highest BCUT2D eigenvalue weighted by Crippen LogP contribution is 2.59. The van der Waals surface area contributed by atoms with E-state index in [9.17, 15) is 20.2 Å². The minimum atomic E-state index is -3.73. The van der Waals surface area contributed by atoms with Crippen LogP contribution in [0.1, 0.15) is 6.92 Å². The van der Waals surface area contributed by atoms with Crippen LogP contribution in [-0.4, -0.2) is 18.8 Å². The molecule has 2 aromatic rings. The van der Waals surface area contributed by atoms with Crippen molar-refractivity contribution in [3.63, 3.8) is 0 Å². The van der Waals surface area contributed by atoms with Crippen molar-refractivity contribution < 1.29 is 18.9 Å². The number of halogens is 4. The van der Waals surface area contributed by atoms with Crippen LogP contribution in [0.4, 0.5) is 11.4 Å². The molecule has 0 unspecified atom stereocenters. The van der Waals surface area contributed by atoms with Crippen molar-refractivity contribution in [2.24, 2.45) is 9.51 Å². The topological polar surface area (TPSA) is 129 Å². The Hall–Kier alpha value is -2.36. The summed E-state index contributed by atoms with van der Waals surface area (Å²) in [5.74, 6) is 0.233. The SMILES string of the molecule is CC1=C(C(Cl)(Cl)Cl)N=P(Oc2ccc([N+](=O)[O-])cc2)(Oc2ccc([N+](=O)[O-])cc2)N=C1Cl. The van der Waals surface area contributed by atoms with Gasteiger partial charge >= 0.3 is 7.66 Å². The van der Waals surface area contributed by atoms with Gasteiger partial charge in [-0.15, -0.1) is 0 Å². The Morgan fingerprint density at radius 1 is 0.875 bits per heavy atom. The fourth-order valence-electron chi connectivity index (χ4n) is 2.41. The van der Waals surface area contributed by atoms with Crippen molar-refractivity contribution in [3.8, 4) is 11.5 Å². The smallest absolute Gasteiger partial charge is 0.414 e. The van der Waals surface area contributed by atoms with Crippen molar-refractivity contribution in [1.82, 2.24) is 0 Å². The van der Waals surface area contributed by atoms with Crippen LogP contribution in [0, 0.1) is 20.2 Å². The highest BCUT2D eigenvalue weighted by molar-refractivity contribution is 7.56. The van der Waals surface area contributed by atoms with Gasteiger partial charge in [0.05, 0.1) is 9.85 Å². The van der Waals surface area contributed by atoms with Gasteiger partial charge < -0.3 is 9.05 Å². The Balaban J connectivity index is 2.10. The van der Waals surface area contributed by atoms with Crippen LogP contribution >= 0.6 is 54.1 Å². The van der Waals surface area contributed by atoms with Crippen LogP contribution in [0.5, 0.6) is 11.5 Å². The molecule has 0 aliphatic carbocycles. The van der Waals surface area contributed by atoms with Crippen molar-refractivity contribution in [2.75, 3.05) is 0 Å². The molecule has 1 aliphatic heterocycles. The van der Waals surface area contributed by atoms with E-state index in [2.05, 4.69) is 9.51 Å². The molecule has 0 saturated carbocycles. The van der Waals surface area contributed by atoms with E-state index in [1.165, 1.54) is 55.5 Å². The second-order valence-corrected chi connectivity index (χ2v) is 10.5. The van der Waals surface area contributed by atoms with E-state index in [-0.39, 0.29) is 39.3 Å². The summed E-state index contributed by atoms with van der Waals surface area (Å²) < 4.78 is 18.4. The summed E-state index contributed by atoms with van der Waals surface area (Å²) in [6, 6.07) is 10.1. The summed E-state index contributed by atoms with van der Waals surface area (Å²) in [4.78, 5) is 20.7. The third-order valence-corrected chi connectivity index (χ3v) is 6.74. The molecule has 15 heteroatoms. The van der Waals surface area contributed by atoms with E-state index in [4.69, 9.17) is 55.5 Å². The average Bonchev–Trinajstić information content (AvgIpc) is 2.71. The number of allylic oxidation sites excluding steroid dienone is 2. The molecule has 10 nitrogen and oxygen atoms in total. The van der Waals surface area contributed by atoms with Gasteiger partial charge in [0, 0.05) is 29.8 Å². The molecule has 0 atom stereocenters. The third-order valence-electron chi connectivity index (χ3n) is 3.92. The van der Waals surface area contributed by atoms with Gasteiger partial charge in [-0.1, -0.05) is 46.4 Å². The van der Waals surface area contributed by atoms with Gasteiger partial charge in [-0.25, -0.2) is 0 Å². The molecule has 1 heterocycles. The van der Waals surface area contributed by atoms with Gasteiger partial charge in [0.25, 0.3) is 11.4 Å². The maximum Gasteiger partial charge on any atom is 0.450 e. The van der Waals surface area contributed by atoms with E-state index >= 15 is 0 Å². The van der Waals surface area contributed by atoms with Crippen LogP contribution in [0.3, 0.4) is 0 Å². The zero-order valence-electron chi connectivity index (χ0n) is 15.8. The number of non-ortho nitro benzene ring substituents is 2. The van der Waals surface area contributed by atoms with Gasteiger partial charge in [0.2, 0.25) is 3.79 Å². The number of nitro benzene ring substituents is 2. The maximum absolute atomic E-state index is 10.9. The van der Waals surface area contributed by atoms with Gasteiger partial charge in [0.15, 0.2) is 0 Å². The molecule has 0 saturated heterocycles. The Labute approximate surface area is 200 Å². The van der Waals surface area contributed by atoms with Gasteiger partial charge in [-0.3, -0.25) is 20.2 Å². The Bertz CT molecular complexity index is 1130. The molecule has 0 aromatic heterocycles. The van der Waals surface area contributed by atoms with E-state index in [1.807, 2.05) is 0 Å². The van der Waals surface area contributed by atoms with Crippen molar-refractivity contribution in [2.45, 2.75) is 10.7 Å². The predicted molar refractivity (Wildman–Crippen MR) is 123 cm³/mol. The van der Waals surface area contributed by atoms with Gasteiger partial charge in [0.1, 0.15) is 22.4 Å². The Kier molecular flexibility index (Phi) is 7.02. The first-order chi connectivity index (χ1) is 14.9. The fraction of sp³-hybridized carbons (Fsp3) is 0.118. The fourth-order valence-corrected chi connectivity index (χ4v) is 5.48. The molecule has 2 aromatic carbocycles. The Morgan fingerprint density at radius 3 is 1.62 bits per heavy atom. The van der Waals surface area contributed by atoms with E-state index in [1.54, 1.807) is 0 Å². The highest BCUT2D eigenvalue weighted by Gasteiger charge is 2.39. The molecule has 3 rings (SSSR count). The standard InChI is InChI=1S/C17H11Cl4N4O6P/c1-10-15(17(19,20)21)22-32(23-16(10)18,30-13-6-2-11(3-7-13)24(26)27)31-14-8-4-12(5-9-14)25(28)29/h2-9H,1H3. The predicted octanol–water partition coefficient (Wildman–Crippen LogP) is 7.20. The first-order valence-corrected chi connectivity index (χ1v) is 11.5. The molecule has 0 N–H and O–H groups in total. The number of benzene rings is 2. The number of alkyl halides is 3. The minimum absolute atomic E-state index is 0.0698. The lowest BCUT2D eigenvalue weighted by Gasteiger charge is -2.27. The normalized spacial score (nSPS) is 15.5. The van der Waals surface area contributed by atoms with Crippen LogP contribution in [0.25, 0.3) is 0 Å². The summed E-state index contributed by atoms with van der Waals surface area (Å²) in [5, 5.41) is 21.7. The van der Waals surface area contributed by atoms with Crippen molar-refractivity contribution >= 4 is 70.6 Å². The molecule has 1 aliphatic rings. The largest absolute Gasteiger partial charge is 0.450 e. The summed E-state index contributed by atoms with van der Waals surface area (Å²) in [6.07, 6.45) is 0. The number of nitro groups is 2. The average molecular weight is 540 g/mol. The second-order valence-electron chi connectivity index (χ2n) is 6.14. The summed E-state index contributed by atoms with van der Waals surface area (Å²) in [6.45, 7) is 1.54. The van der Waals surface area contributed by atoms with Gasteiger partial charge in [-0.2, -0.15) is 9.51 Å². The lowest BCUT2D eigenvalue weighted by molar-refractivity contribution is -0.385. The molecular formula is C17H11Cl4N4O6P. The highest BCUT2D eigenvalue weighted by atomic mass is 35.6. The van der Waals surface area contributed by atoms with Crippen molar-refractivity contribution in [3.05, 3.63) is 80.0 Å². The summed E-state index contributed by atoms with van der Waals surface area (Å²) in [5.41, 5.74) is -0.122. The van der Waals surface area contributed by atoms with E-state index in [0.717, 1.165) is 0 Å². The maximum atomic E-state index is 10.9. The first-order valence-electron chi connectivity index (χ1n) is 8.45. The van der Waals surface area contributed by atoms with Crippen molar-refractivity contribution in [1.29, 1.82) is 0 Å². The number of hydrogen-bond acceptors (Lipinski definition) is 8. The lowest BCUT2D eigenvalue weighted by atomic mass is 10.2. The van der Waals surface area contributed by atoms with Crippen LogP contribution in [0.15, 0.2) is 69.3 Å². The van der Waals surface area contributed by atoms with Crippen LogP contribution in [-0.2, 0) is 0 Å². The molecule has 0 fully saturated rings. The molecule has 0 spiro atoms. The van der Waals surface area contributed by atoms with Crippen LogP contribution < -0.4 is 9.05 Å². The lowest BCUT2D eigenvalue weighted by Crippen LogP contribution is -2.15. The zero-order chi connectivity index (χ0) is 23.7. The monoisotopic (exact) mass is 538 g/mol. The van der Waals surface area contributed by atoms with E-state index < -0.39 is 21.3 Å². The minimum Gasteiger partial charge on any atom is -0.414 e. The number of nitrogens with zero attached hydrogens (tertiary/aromatic N) is 4. The quantitative estimate of drug-likeness (QED) is 0.165. The molecule has 168 valence electrons. The Morgan fingerprint density at radius 2 is 1.28 bits per heavy atom. The zero-order valence-corrected chi connectivity index (χ0v) is 19.7. The van der Waals surface area contributed by atoms with E-state index in [0.29, 0.717) is 0 Å². The van der Waals surface area contributed by atoms with Crippen LogP contribution in [0.2, 0.25) is 0 Å². The number of hydrogen-bond donors (Lipinski definition) is 0. The molecular weight excluding hydrogens is 529 g/mol. The number of rotatable bonds is 6. The van der Waals surface area contributed by atoms with Gasteiger partial charge in [-0.05, 0) is 31.2 Å². The molecule has 32 heavy (non-hydrogen) atoms. The summed E-state index contributed by atoms with van der Waals surface area (Å²) in [7, 11) is -3.73. The molecule has 0 amide bonds. The third kappa shape index (κ3) is 5.51.